The summed E-state index contributed by atoms with van der Waals surface area (Å²) in [6.07, 6.45) is 12.3. The Morgan fingerprint density at radius 3 is 2.55 bits per heavy atom. The Bertz CT molecular complexity index is 737. The highest BCUT2D eigenvalue weighted by Crippen LogP contribution is 2.67. The van der Waals surface area contributed by atoms with Gasteiger partial charge in [-0.15, -0.1) is 5.92 Å². The van der Waals surface area contributed by atoms with E-state index in [2.05, 4.69) is 25.7 Å². The molecule has 31 heavy (non-hydrogen) atoms. The zero-order valence-electron chi connectivity index (χ0n) is 20.0. The summed E-state index contributed by atoms with van der Waals surface area (Å²) < 4.78 is 10.9. The maximum atomic E-state index is 11.2. The number of hydrogen-bond acceptors (Lipinski definition) is 4. The summed E-state index contributed by atoms with van der Waals surface area (Å²) >= 11 is 0. The van der Waals surface area contributed by atoms with Crippen molar-refractivity contribution < 1.29 is 19.4 Å². The van der Waals surface area contributed by atoms with Crippen LogP contribution < -0.4 is 0 Å². The molecule has 0 aliphatic heterocycles. The van der Waals surface area contributed by atoms with E-state index in [4.69, 9.17) is 9.47 Å². The molecule has 0 saturated heterocycles. The Kier molecular flexibility index (Phi) is 6.50. The maximum absolute atomic E-state index is 11.2. The Morgan fingerprint density at radius 1 is 1.03 bits per heavy atom. The molecular weight excluding hydrogens is 388 g/mol. The Morgan fingerprint density at radius 2 is 1.81 bits per heavy atom. The quantitative estimate of drug-likeness (QED) is 0.382. The van der Waals surface area contributed by atoms with Gasteiger partial charge in [-0.25, -0.2) is 0 Å². The second-order valence-corrected chi connectivity index (χ2v) is 11.5. The van der Waals surface area contributed by atoms with Crippen molar-refractivity contribution in [3.05, 3.63) is 0 Å². The lowest BCUT2D eigenvalue weighted by molar-refractivity contribution is -0.146. The number of rotatable bonds is 4. The van der Waals surface area contributed by atoms with E-state index in [9.17, 15) is 9.90 Å². The van der Waals surface area contributed by atoms with E-state index in [1.807, 2.05) is 7.11 Å². The van der Waals surface area contributed by atoms with Crippen molar-refractivity contribution in [3.63, 3.8) is 0 Å². The van der Waals surface area contributed by atoms with Crippen LogP contribution in [0, 0.1) is 46.3 Å². The number of aliphatic hydroxyl groups is 1. The summed E-state index contributed by atoms with van der Waals surface area (Å²) in [5, 5.41) is 11.2. The lowest BCUT2D eigenvalue weighted by atomic mass is 9.44. The average Bonchev–Trinajstić information content (AvgIpc) is 3.07. The minimum absolute atomic E-state index is 0.243. The summed E-state index contributed by atoms with van der Waals surface area (Å²) in [4.78, 5) is 10.8. The molecule has 8 atom stereocenters. The molecule has 0 spiro atoms. The van der Waals surface area contributed by atoms with Crippen LogP contribution in [0.4, 0.5) is 0 Å². The van der Waals surface area contributed by atoms with E-state index in [0.29, 0.717) is 35.9 Å². The molecule has 0 heterocycles. The largest absolute Gasteiger partial charge is 0.466 e. The van der Waals surface area contributed by atoms with Crippen LogP contribution >= 0.6 is 0 Å². The van der Waals surface area contributed by atoms with Gasteiger partial charge in [0.1, 0.15) is 5.60 Å². The van der Waals surface area contributed by atoms with Crippen LogP contribution in [0.15, 0.2) is 0 Å². The van der Waals surface area contributed by atoms with E-state index in [1.54, 1.807) is 0 Å². The fourth-order valence-electron chi connectivity index (χ4n) is 8.30. The molecule has 1 N–H and O–H groups in total. The molecule has 174 valence electrons. The van der Waals surface area contributed by atoms with E-state index < -0.39 is 5.60 Å². The number of carbonyl (C=O) groups is 1. The van der Waals surface area contributed by atoms with Gasteiger partial charge in [-0.1, -0.05) is 19.8 Å². The first kappa shape index (κ1) is 23.1. The van der Waals surface area contributed by atoms with Gasteiger partial charge in [0.15, 0.2) is 0 Å². The third-order valence-electron chi connectivity index (χ3n) is 10.00. The third-order valence-corrected chi connectivity index (χ3v) is 10.00. The fourth-order valence-corrected chi connectivity index (χ4v) is 8.30. The lowest BCUT2D eigenvalue weighted by Gasteiger charge is -2.61. The molecular formula is C27H42O4. The molecule has 4 saturated carbocycles. The summed E-state index contributed by atoms with van der Waals surface area (Å²) in [6.45, 7) is 6.87. The highest BCUT2D eigenvalue weighted by Gasteiger charge is 2.61. The summed E-state index contributed by atoms with van der Waals surface area (Å²) in [6, 6.07) is 0. The third kappa shape index (κ3) is 4.18. The molecule has 4 fully saturated rings. The number of ether oxygens (including phenoxy) is 2. The summed E-state index contributed by atoms with van der Waals surface area (Å²) in [7, 11) is 1.90. The minimum Gasteiger partial charge on any atom is -0.466 e. The number of esters is 1. The first-order valence-electron chi connectivity index (χ1n) is 12.6. The van der Waals surface area contributed by atoms with Crippen molar-refractivity contribution in [3.8, 4) is 11.8 Å². The standard InChI is InChI=1S/C27H42O4/c1-19(28)31-17-7-5-6-13-27(29)16-15-25(2)20(18-27)8-9-21-22-10-11-24(30-4)26(22,3)14-12-23(21)25/h20-24,29H,5,7-12,14-18H2,1-4H3/t20-,21+,22+,23+,24+,25+,26+,27-/m1/s1. The van der Waals surface area contributed by atoms with Crippen LogP contribution in [-0.2, 0) is 14.3 Å². The van der Waals surface area contributed by atoms with Gasteiger partial charge in [0, 0.05) is 20.5 Å². The van der Waals surface area contributed by atoms with Gasteiger partial charge < -0.3 is 14.6 Å². The van der Waals surface area contributed by atoms with Gasteiger partial charge in [-0.3, -0.25) is 4.79 Å². The predicted molar refractivity (Wildman–Crippen MR) is 121 cm³/mol. The van der Waals surface area contributed by atoms with Gasteiger partial charge in [-0.05, 0) is 98.7 Å². The van der Waals surface area contributed by atoms with Crippen molar-refractivity contribution in [2.45, 2.75) is 103 Å². The molecule has 0 aromatic carbocycles. The second-order valence-electron chi connectivity index (χ2n) is 11.5. The van der Waals surface area contributed by atoms with Crippen LogP contribution in [0.25, 0.3) is 0 Å². The highest BCUT2D eigenvalue weighted by molar-refractivity contribution is 5.65. The zero-order chi connectivity index (χ0) is 22.3. The smallest absolute Gasteiger partial charge is 0.302 e. The molecule has 4 nitrogen and oxygen atoms in total. The summed E-state index contributed by atoms with van der Waals surface area (Å²) in [5.41, 5.74) is -0.124. The number of unbranched alkanes of at least 4 members (excludes halogenated alkanes) is 1. The van der Waals surface area contributed by atoms with Crippen LogP contribution in [0.3, 0.4) is 0 Å². The Hall–Kier alpha value is -1.05. The van der Waals surface area contributed by atoms with Crippen molar-refractivity contribution >= 4 is 5.97 Å². The lowest BCUT2D eigenvalue weighted by Crippen LogP contribution is -2.56. The molecule has 4 aliphatic carbocycles. The van der Waals surface area contributed by atoms with Crippen LogP contribution in [0.2, 0.25) is 0 Å². The molecule has 0 unspecified atom stereocenters. The van der Waals surface area contributed by atoms with Crippen molar-refractivity contribution in [2.24, 2.45) is 34.5 Å². The van der Waals surface area contributed by atoms with E-state index in [1.165, 1.54) is 45.4 Å². The van der Waals surface area contributed by atoms with Gasteiger partial charge in [0.2, 0.25) is 0 Å². The molecule has 0 aromatic heterocycles. The maximum Gasteiger partial charge on any atom is 0.302 e. The zero-order valence-corrected chi connectivity index (χ0v) is 20.0. The Balaban J connectivity index is 1.40. The van der Waals surface area contributed by atoms with Gasteiger partial charge >= 0.3 is 5.97 Å². The van der Waals surface area contributed by atoms with E-state index in [-0.39, 0.29) is 5.97 Å². The molecule has 4 aliphatic rings. The van der Waals surface area contributed by atoms with Gasteiger partial charge in [-0.2, -0.15) is 0 Å². The Labute approximate surface area is 188 Å². The second kappa shape index (κ2) is 8.71. The number of hydrogen-bond donors (Lipinski definition) is 1. The minimum atomic E-state index is -0.837. The molecule has 4 rings (SSSR count). The first-order valence-corrected chi connectivity index (χ1v) is 12.6. The highest BCUT2D eigenvalue weighted by atomic mass is 16.5. The van der Waals surface area contributed by atoms with Crippen molar-refractivity contribution in [1.82, 2.24) is 0 Å². The van der Waals surface area contributed by atoms with Gasteiger partial charge in [0.25, 0.3) is 0 Å². The number of carbonyl (C=O) groups excluding carboxylic acids is 1. The summed E-state index contributed by atoms with van der Waals surface area (Å²) in [5.74, 6) is 9.16. The average molecular weight is 431 g/mol. The topological polar surface area (TPSA) is 55.8 Å². The van der Waals surface area contributed by atoms with Crippen LogP contribution in [-0.4, -0.2) is 36.5 Å². The fraction of sp³-hybridized carbons (Fsp3) is 0.889. The first-order chi connectivity index (χ1) is 14.7. The van der Waals surface area contributed by atoms with Crippen LogP contribution in [0.1, 0.15) is 91.4 Å². The SMILES string of the molecule is CO[C@H]1CC[C@H]2[C@@H]3CC[C@@H]4C[C@@](O)(C#CCCCOC(C)=O)CC[C@]4(C)[C@H]3CC[C@]12C. The molecule has 0 amide bonds. The molecule has 0 radical (unpaired) electrons. The molecule has 0 bridgehead atoms. The van der Waals surface area contributed by atoms with Crippen LogP contribution in [0.5, 0.6) is 0 Å². The normalized spacial score (nSPS) is 46.2. The molecule has 4 heteroatoms. The monoisotopic (exact) mass is 430 g/mol. The van der Waals surface area contributed by atoms with Crippen molar-refractivity contribution in [1.29, 1.82) is 0 Å². The predicted octanol–water partition coefficient (Wildman–Crippen LogP) is 5.12. The van der Waals surface area contributed by atoms with E-state index >= 15 is 0 Å². The number of methoxy groups -OCH3 is 1. The number of fused-ring (bicyclic) bond motifs is 5. The van der Waals surface area contributed by atoms with Gasteiger partial charge in [0.05, 0.1) is 12.7 Å². The molecule has 0 aromatic rings. The van der Waals surface area contributed by atoms with Crippen molar-refractivity contribution in [2.75, 3.05) is 13.7 Å². The van der Waals surface area contributed by atoms with E-state index in [0.717, 1.165) is 43.4 Å².